The molecule has 0 saturated carbocycles. The van der Waals surface area contributed by atoms with E-state index in [0.717, 1.165) is 18.6 Å². The van der Waals surface area contributed by atoms with Gasteiger partial charge in [-0.1, -0.05) is 12.5 Å². The number of halogens is 2. The van der Waals surface area contributed by atoms with Crippen molar-refractivity contribution in [3.05, 3.63) is 35.4 Å². The molecule has 2 unspecified atom stereocenters. The Kier molecular flexibility index (Phi) is 4.72. The molecule has 1 saturated heterocycles. The maximum Gasteiger partial charge on any atom is 0.154 e. The quantitative estimate of drug-likeness (QED) is 0.650. The molecule has 0 spiro atoms. The molecule has 1 heterocycles. The number of nitrogens with two attached hydrogens (primary N) is 1. The number of hydrogen-bond donors (Lipinski definition) is 2. The van der Waals surface area contributed by atoms with Gasteiger partial charge in [-0.2, -0.15) is 0 Å². The highest BCUT2D eigenvalue weighted by Crippen LogP contribution is 2.25. The van der Waals surface area contributed by atoms with Gasteiger partial charge in [-0.25, -0.2) is 17.2 Å². The second kappa shape index (κ2) is 6.15. The second-order valence-electron chi connectivity index (χ2n) is 5.08. The van der Waals surface area contributed by atoms with E-state index >= 15 is 0 Å². The minimum absolute atomic E-state index is 0.0844. The Hall–Kier alpha value is -1.05. The molecule has 4 nitrogen and oxygen atoms in total. The number of rotatable bonds is 4. The Bertz CT molecular complexity index is 557. The lowest BCUT2D eigenvalue weighted by Crippen LogP contribution is -2.50. The molecule has 2 atom stereocenters. The lowest BCUT2D eigenvalue weighted by atomic mass is 9.99. The summed E-state index contributed by atoms with van der Waals surface area (Å²) in [5.74, 6) is 4.16. The van der Waals surface area contributed by atoms with Crippen LogP contribution >= 0.6 is 0 Å². The third-order valence-corrected chi connectivity index (χ3v) is 6.12. The monoisotopic (exact) mass is 304 g/mol. The maximum atomic E-state index is 13.6. The number of nitrogens with one attached hydrogen (secondary N) is 1. The zero-order chi connectivity index (χ0) is 14.8. The average molecular weight is 304 g/mol. The number of sulfone groups is 1. The first-order valence-corrected chi connectivity index (χ1v) is 8.28. The van der Waals surface area contributed by atoms with E-state index in [1.54, 1.807) is 0 Å². The van der Waals surface area contributed by atoms with E-state index in [9.17, 15) is 17.2 Å². The third-order valence-electron chi connectivity index (χ3n) is 3.78. The van der Waals surface area contributed by atoms with E-state index in [-0.39, 0.29) is 17.7 Å². The van der Waals surface area contributed by atoms with Gasteiger partial charge >= 0.3 is 0 Å². The molecule has 112 valence electrons. The maximum absolute atomic E-state index is 13.6. The van der Waals surface area contributed by atoms with Crippen molar-refractivity contribution in [2.24, 2.45) is 5.84 Å². The smallest absolute Gasteiger partial charge is 0.154 e. The minimum atomic E-state index is -3.27. The molecule has 1 aliphatic heterocycles. The van der Waals surface area contributed by atoms with Crippen molar-refractivity contribution in [1.29, 1.82) is 0 Å². The Labute approximate surface area is 117 Å². The highest BCUT2D eigenvalue weighted by molar-refractivity contribution is 7.92. The van der Waals surface area contributed by atoms with E-state index < -0.39 is 32.8 Å². The van der Waals surface area contributed by atoms with Crippen molar-refractivity contribution in [3.8, 4) is 0 Å². The van der Waals surface area contributed by atoms with Crippen molar-refractivity contribution in [3.63, 3.8) is 0 Å². The normalized spacial score (nSPS) is 23.4. The molecule has 1 aliphatic rings. The van der Waals surface area contributed by atoms with Crippen LogP contribution in [0.1, 0.15) is 24.8 Å². The van der Waals surface area contributed by atoms with Crippen LogP contribution in [0.3, 0.4) is 0 Å². The van der Waals surface area contributed by atoms with E-state index in [0.29, 0.717) is 12.8 Å². The summed E-state index contributed by atoms with van der Waals surface area (Å²) in [5.41, 5.74) is 2.29. The minimum Gasteiger partial charge on any atom is -0.271 e. The van der Waals surface area contributed by atoms with Gasteiger partial charge in [-0.15, -0.1) is 0 Å². The van der Waals surface area contributed by atoms with Crippen molar-refractivity contribution >= 4 is 9.84 Å². The molecule has 20 heavy (non-hydrogen) atoms. The summed E-state index contributed by atoms with van der Waals surface area (Å²) >= 11 is 0. The van der Waals surface area contributed by atoms with Crippen LogP contribution in [0.5, 0.6) is 0 Å². The summed E-state index contributed by atoms with van der Waals surface area (Å²) in [6.07, 6.45) is 1.79. The van der Waals surface area contributed by atoms with E-state index in [4.69, 9.17) is 5.84 Å². The van der Waals surface area contributed by atoms with Crippen molar-refractivity contribution < 1.29 is 17.2 Å². The first kappa shape index (κ1) is 15.3. The lowest BCUT2D eigenvalue weighted by molar-refractivity contribution is 0.427. The molecule has 1 aromatic rings. The lowest BCUT2D eigenvalue weighted by Gasteiger charge is -2.29. The first-order chi connectivity index (χ1) is 9.45. The van der Waals surface area contributed by atoms with Crippen LogP contribution in [-0.4, -0.2) is 25.5 Å². The summed E-state index contributed by atoms with van der Waals surface area (Å²) in [5, 5.41) is -0.694. The molecular formula is C13H18F2N2O2S. The summed E-state index contributed by atoms with van der Waals surface area (Å²) < 4.78 is 51.4. The summed E-state index contributed by atoms with van der Waals surface area (Å²) in [7, 11) is -3.27. The molecule has 1 aromatic carbocycles. The fourth-order valence-corrected chi connectivity index (χ4v) is 4.79. The van der Waals surface area contributed by atoms with Crippen molar-refractivity contribution in [2.75, 3.05) is 5.75 Å². The summed E-state index contributed by atoms with van der Waals surface area (Å²) in [6, 6.07) is 2.89. The summed E-state index contributed by atoms with van der Waals surface area (Å²) in [6.45, 7) is 0. The molecule has 1 fully saturated rings. The van der Waals surface area contributed by atoms with Gasteiger partial charge in [0.1, 0.15) is 11.6 Å². The predicted octanol–water partition coefficient (Wildman–Crippen LogP) is 1.31. The van der Waals surface area contributed by atoms with Crippen LogP contribution < -0.4 is 11.3 Å². The van der Waals surface area contributed by atoms with Crippen LogP contribution in [0.15, 0.2) is 18.2 Å². The molecule has 2 rings (SSSR count). The molecule has 0 aliphatic carbocycles. The summed E-state index contributed by atoms with van der Waals surface area (Å²) in [4.78, 5) is 0. The van der Waals surface area contributed by atoms with Crippen molar-refractivity contribution in [1.82, 2.24) is 5.43 Å². The Morgan fingerprint density at radius 1 is 1.30 bits per heavy atom. The van der Waals surface area contributed by atoms with Crippen LogP contribution in [0.2, 0.25) is 0 Å². The fraction of sp³-hybridized carbons (Fsp3) is 0.538. The first-order valence-electron chi connectivity index (χ1n) is 6.56. The van der Waals surface area contributed by atoms with Crippen LogP contribution in [-0.2, 0) is 16.3 Å². The van der Waals surface area contributed by atoms with Crippen LogP contribution in [0, 0.1) is 11.6 Å². The van der Waals surface area contributed by atoms with E-state index in [2.05, 4.69) is 5.43 Å². The topological polar surface area (TPSA) is 72.2 Å². The highest BCUT2D eigenvalue weighted by atomic mass is 32.2. The number of benzene rings is 1. The third kappa shape index (κ3) is 3.16. The van der Waals surface area contributed by atoms with Crippen LogP contribution in [0.4, 0.5) is 8.78 Å². The van der Waals surface area contributed by atoms with E-state index in [1.165, 1.54) is 6.07 Å². The van der Waals surface area contributed by atoms with Gasteiger partial charge in [0.05, 0.1) is 11.0 Å². The molecular weight excluding hydrogens is 286 g/mol. The molecule has 7 heteroatoms. The van der Waals surface area contributed by atoms with Gasteiger partial charge in [0, 0.05) is 11.6 Å². The standard InChI is InChI=1S/C13H18F2N2O2S/c14-10-4-3-5-11(15)9(10)8-12(17-16)13-6-1-2-7-20(13,18)19/h3-5,12-13,17H,1-2,6-8,16H2. The van der Waals surface area contributed by atoms with Gasteiger partial charge in [0.15, 0.2) is 9.84 Å². The molecule has 0 radical (unpaired) electrons. The zero-order valence-corrected chi connectivity index (χ0v) is 11.8. The molecule has 0 aromatic heterocycles. The zero-order valence-electron chi connectivity index (χ0n) is 11.0. The van der Waals surface area contributed by atoms with Crippen molar-refractivity contribution in [2.45, 2.75) is 37.0 Å². The van der Waals surface area contributed by atoms with Gasteiger partial charge < -0.3 is 0 Å². The van der Waals surface area contributed by atoms with Gasteiger partial charge in [-0.3, -0.25) is 11.3 Å². The molecule has 3 N–H and O–H groups in total. The van der Waals surface area contributed by atoms with Gasteiger partial charge in [0.2, 0.25) is 0 Å². The largest absolute Gasteiger partial charge is 0.271 e. The van der Waals surface area contributed by atoms with Gasteiger partial charge in [-0.05, 0) is 31.4 Å². The SMILES string of the molecule is NNC(Cc1c(F)cccc1F)C1CCCCS1(=O)=O. The number of hydrogen-bond acceptors (Lipinski definition) is 4. The predicted molar refractivity (Wildman–Crippen MR) is 72.6 cm³/mol. The highest BCUT2D eigenvalue weighted by Gasteiger charge is 2.35. The molecule has 0 bridgehead atoms. The van der Waals surface area contributed by atoms with Crippen LogP contribution in [0.25, 0.3) is 0 Å². The number of hydrazine groups is 1. The van der Waals surface area contributed by atoms with Gasteiger partial charge in [0.25, 0.3) is 0 Å². The van der Waals surface area contributed by atoms with E-state index in [1.807, 2.05) is 0 Å². The Morgan fingerprint density at radius 3 is 2.50 bits per heavy atom. The average Bonchev–Trinajstić information content (AvgIpc) is 2.39. The fourth-order valence-electron chi connectivity index (χ4n) is 2.68. The Balaban J connectivity index is 2.25. The molecule has 0 amide bonds. The Morgan fingerprint density at radius 2 is 1.95 bits per heavy atom. The second-order valence-corrected chi connectivity index (χ2v) is 7.42.